The Balaban J connectivity index is 2.22. The molecule has 0 spiro atoms. The van der Waals surface area contributed by atoms with Crippen molar-refractivity contribution in [2.75, 3.05) is 0 Å². The Bertz CT molecular complexity index is 955. The summed E-state index contributed by atoms with van der Waals surface area (Å²) in [6, 6.07) is 14.2. The van der Waals surface area contributed by atoms with Crippen molar-refractivity contribution < 1.29 is 0 Å². The molecule has 21 heavy (non-hydrogen) atoms. The molecule has 0 saturated heterocycles. The van der Waals surface area contributed by atoms with E-state index in [4.69, 9.17) is 4.98 Å². The van der Waals surface area contributed by atoms with Crippen LogP contribution in [0.15, 0.2) is 48.7 Å². The lowest BCUT2D eigenvalue weighted by Crippen LogP contribution is -1.94. The van der Waals surface area contributed by atoms with Crippen molar-refractivity contribution in [1.29, 1.82) is 0 Å². The number of hydrogen-bond donors (Lipinski definition) is 0. The predicted octanol–water partition coefficient (Wildman–Crippen LogP) is 3.49. The highest BCUT2D eigenvalue weighted by atomic mass is 15.3. The average molecular weight is 274 g/mol. The quantitative estimate of drug-likeness (QED) is 0.533. The van der Waals surface area contributed by atoms with E-state index in [1.54, 1.807) is 6.20 Å². The third-order valence-corrected chi connectivity index (χ3v) is 3.76. The summed E-state index contributed by atoms with van der Waals surface area (Å²) in [5.41, 5.74) is 4.75. The number of benzene rings is 1. The minimum absolute atomic E-state index is 0.888. The van der Waals surface area contributed by atoms with Crippen LogP contribution in [0.5, 0.6) is 0 Å². The molecule has 0 amide bonds. The second kappa shape index (κ2) is 4.38. The average Bonchev–Trinajstić information content (AvgIpc) is 2.82. The summed E-state index contributed by atoms with van der Waals surface area (Å²) in [7, 11) is 1.96. The van der Waals surface area contributed by atoms with Crippen LogP contribution in [0.2, 0.25) is 0 Å². The summed E-state index contributed by atoms with van der Waals surface area (Å²) in [5, 5.41) is 6.77. The van der Waals surface area contributed by atoms with E-state index < -0.39 is 0 Å². The lowest BCUT2D eigenvalue weighted by Gasteiger charge is -2.07. The van der Waals surface area contributed by atoms with Gasteiger partial charge in [0.15, 0.2) is 0 Å². The molecule has 0 aliphatic carbocycles. The Morgan fingerprint density at radius 3 is 2.48 bits per heavy atom. The molecule has 4 aromatic rings. The third kappa shape index (κ3) is 1.72. The van der Waals surface area contributed by atoms with Crippen molar-refractivity contribution in [2.24, 2.45) is 7.05 Å². The van der Waals surface area contributed by atoms with Gasteiger partial charge in [0.1, 0.15) is 5.52 Å². The zero-order chi connectivity index (χ0) is 14.4. The normalized spacial score (nSPS) is 11.3. The van der Waals surface area contributed by atoms with E-state index in [1.165, 1.54) is 0 Å². The van der Waals surface area contributed by atoms with Gasteiger partial charge in [-0.3, -0.25) is 9.67 Å². The first kappa shape index (κ1) is 12.0. The Morgan fingerprint density at radius 1 is 0.952 bits per heavy atom. The van der Waals surface area contributed by atoms with Crippen LogP contribution in [0.25, 0.3) is 33.2 Å². The van der Waals surface area contributed by atoms with Gasteiger partial charge in [-0.25, -0.2) is 4.98 Å². The maximum absolute atomic E-state index is 4.85. The fraction of sp³-hybridized carbons (Fsp3) is 0.118. The number of pyridine rings is 2. The minimum atomic E-state index is 0.888. The first-order valence-corrected chi connectivity index (χ1v) is 6.89. The fourth-order valence-electron chi connectivity index (χ4n) is 2.85. The molecular formula is C17H14N4. The Hall–Kier alpha value is -2.75. The molecule has 4 nitrogen and oxygen atoms in total. The number of aromatic nitrogens is 4. The van der Waals surface area contributed by atoms with Gasteiger partial charge in [-0.15, -0.1) is 0 Å². The van der Waals surface area contributed by atoms with Crippen molar-refractivity contribution in [3.05, 3.63) is 54.4 Å². The van der Waals surface area contributed by atoms with E-state index in [0.717, 1.165) is 38.9 Å². The Kier molecular flexibility index (Phi) is 2.51. The molecule has 4 heteroatoms. The van der Waals surface area contributed by atoms with Gasteiger partial charge in [-0.2, -0.15) is 5.10 Å². The van der Waals surface area contributed by atoms with Crippen LogP contribution in [-0.4, -0.2) is 19.7 Å². The first-order chi connectivity index (χ1) is 10.3. The maximum atomic E-state index is 4.85. The Labute approximate surface area is 122 Å². The maximum Gasteiger partial charge on any atom is 0.113 e. The van der Waals surface area contributed by atoms with Gasteiger partial charge in [-0.1, -0.05) is 30.3 Å². The van der Waals surface area contributed by atoms with Gasteiger partial charge in [0.2, 0.25) is 0 Å². The Morgan fingerprint density at radius 2 is 1.71 bits per heavy atom. The minimum Gasteiger partial charge on any atom is -0.265 e. The van der Waals surface area contributed by atoms with Gasteiger partial charge in [0.25, 0.3) is 0 Å². The molecule has 102 valence electrons. The summed E-state index contributed by atoms with van der Waals surface area (Å²) in [4.78, 5) is 9.30. The highest BCUT2D eigenvalue weighted by Gasteiger charge is 2.15. The summed E-state index contributed by atoms with van der Waals surface area (Å²) >= 11 is 0. The summed E-state index contributed by atoms with van der Waals surface area (Å²) in [6.45, 7) is 1.99. The lowest BCUT2D eigenvalue weighted by atomic mass is 10.1. The van der Waals surface area contributed by atoms with E-state index in [9.17, 15) is 0 Å². The second-order valence-corrected chi connectivity index (χ2v) is 5.13. The molecule has 0 N–H and O–H groups in total. The molecule has 0 aliphatic heterocycles. The molecule has 0 radical (unpaired) electrons. The smallest absolute Gasteiger partial charge is 0.113 e. The second-order valence-electron chi connectivity index (χ2n) is 5.13. The molecule has 3 aromatic heterocycles. The highest BCUT2D eigenvalue weighted by molar-refractivity contribution is 6.09. The molecule has 0 aliphatic rings. The molecule has 0 bridgehead atoms. The fourth-order valence-corrected chi connectivity index (χ4v) is 2.85. The number of fused-ring (bicyclic) bond motifs is 3. The van der Waals surface area contributed by atoms with Crippen LogP contribution >= 0.6 is 0 Å². The molecule has 1 aromatic carbocycles. The standard InChI is InChI=1S/C17H14N4/c1-11-15-17(21(2)20-11)13-8-4-3-7-12(13)16(19-15)14-9-5-6-10-18-14/h3-10H,1-2H3. The number of aryl methyl sites for hydroxylation is 2. The van der Waals surface area contributed by atoms with E-state index in [-0.39, 0.29) is 0 Å². The van der Waals surface area contributed by atoms with E-state index in [2.05, 4.69) is 22.2 Å². The number of nitrogens with zero attached hydrogens (tertiary/aromatic N) is 4. The van der Waals surface area contributed by atoms with Crippen LogP contribution in [0.1, 0.15) is 5.69 Å². The molecule has 0 fully saturated rings. The van der Waals surface area contributed by atoms with Crippen LogP contribution in [0, 0.1) is 6.92 Å². The van der Waals surface area contributed by atoms with Crippen molar-refractivity contribution in [3.8, 4) is 11.4 Å². The molecule has 0 saturated carbocycles. The van der Waals surface area contributed by atoms with E-state index in [0.29, 0.717) is 0 Å². The zero-order valence-electron chi connectivity index (χ0n) is 11.9. The van der Waals surface area contributed by atoms with Gasteiger partial charge in [0.05, 0.1) is 22.6 Å². The van der Waals surface area contributed by atoms with Crippen molar-refractivity contribution in [3.63, 3.8) is 0 Å². The van der Waals surface area contributed by atoms with Crippen molar-refractivity contribution in [1.82, 2.24) is 19.7 Å². The monoisotopic (exact) mass is 274 g/mol. The van der Waals surface area contributed by atoms with E-state index >= 15 is 0 Å². The van der Waals surface area contributed by atoms with Crippen LogP contribution in [-0.2, 0) is 7.05 Å². The van der Waals surface area contributed by atoms with Gasteiger partial charge < -0.3 is 0 Å². The van der Waals surface area contributed by atoms with Crippen LogP contribution in [0.3, 0.4) is 0 Å². The molecule has 4 rings (SSSR count). The van der Waals surface area contributed by atoms with Gasteiger partial charge in [-0.05, 0) is 19.1 Å². The van der Waals surface area contributed by atoms with Gasteiger partial charge in [0, 0.05) is 24.0 Å². The molecule has 3 heterocycles. The number of rotatable bonds is 1. The molecule has 0 unspecified atom stereocenters. The lowest BCUT2D eigenvalue weighted by molar-refractivity contribution is 0.785. The van der Waals surface area contributed by atoms with Crippen LogP contribution < -0.4 is 0 Å². The van der Waals surface area contributed by atoms with Crippen LogP contribution in [0.4, 0.5) is 0 Å². The molecule has 0 atom stereocenters. The summed E-state index contributed by atoms with van der Waals surface area (Å²) in [5.74, 6) is 0. The van der Waals surface area contributed by atoms with E-state index in [1.807, 2.05) is 49.0 Å². The number of hydrogen-bond acceptors (Lipinski definition) is 3. The zero-order valence-corrected chi connectivity index (χ0v) is 11.9. The SMILES string of the molecule is Cc1nn(C)c2c1nc(-c1ccccn1)c1ccccc12. The third-order valence-electron chi connectivity index (χ3n) is 3.76. The predicted molar refractivity (Wildman–Crippen MR) is 84.0 cm³/mol. The van der Waals surface area contributed by atoms with Gasteiger partial charge >= 0.3 is 0 Å². The topological polar surface area (TPSA) is 43.6 Å². The van der Waals surface area contributed by atoms with Crippen molar-refractivity contribution >= 4 is 21.8 Å². The highest BCUT2D eigenvalue weighted by Crippen LogP contribution is 2.32. The largest absolute Gasteiger partial charge is 0.265 e. The van der Waals surface area contributed by atoms with Crippen molar-refractivity contribution in [2.45, 2.75) is 6.92 Å². The molecular weight excluding hydrogens is 260 g/mol. The first-order valence-electron chi connectivity index (χ1n) is 6.89. The summed E-state index contributed by atoms with van der Waals surface area (Å²) < 4.78 is 1.90. The summed E-state index contributed by atoms with van der Waals surface area (Å²) in [6.07, 6.45) is 1.80.